The minimum atomic E-state index is -0.908. The van der Waals surface area contributed by atoms with E-state index in [0.717, 1.165) is 5.56 Å². The number of carboxylic acid groups (broad SMARTS) is 1. The van der Waals surface area contributed by atoms with Crippen LogP contribution in [-0.4, -0.2) is 20.9 Å². The predicted octanol–water partition coefficient (Wildman–Crippen LogP) is 3.83. The molecule has 4 nitrogen and oxygen atoms in total. The molecule has 0 fully saturated rings. The highest BCUT2D eigenvalue weighted by Gasteiger charge is 2.13. The highest BCUT2D eigenvalue weighted by atomic mass is 19.1. The minimum Gasteiger partial charge on any atom is -0.481 e. The predicted molar refractivity (Wildman–Crippen MR) is 84.9 cm³/mol. The number of rotatable bonds is 5. The topological polar surface area (TPSA) is 55.1 Å². The molecule has 3 rings (SSSR count). The Morgan fingerprint density at radius 3 is 2.17 bits per heavy atom. The number of aliphatic carboxylic acids is 1. The number of hydrogen-bond donors (Lipinski definition) is 1. The largest absolute Gasteiger partial charge is 0.481 e. The molecule has 0 unspecified atom stereocenters. The van der Waals surface area contributed by atoms with Gasteiger partial charge in [-0.3, -0.25) is 4.79 Å². The molecular weight excluding hydrogens is 314 g/mol. The third-order valence-electron chi connectivity index (χ3n) is 3.61. The fourth-order valence-electron chi connectivity index (χ4n) is 2.41. The van der Waals surface area contributed by atoms with Crippen molar-refractivity contribution in [2.45, 2.75) is 12.8 Å². The highest BCUT2D eigenvalue weighted by molar-refractivity contribution is 5.69. The molecular formula is C18H14F2N2O2. The molecule has 1 aromatic heterocycles. The van der Waals surface area contributed by atoms with Crippen LogP contribution in [0.1, 0.15) is 12.0 Å². The van der Waals surface area contributed by atoms with E-state index in [0.29, 0.717) is 23.4 Å². The summed E-state index contributed by atoms with van der Waals surface area (Å²) in [6, 6.07) is 11.7. The van der Waals surface area contributed by atoms with Crippen LogP contribution in [0.15, 0.2) is 54.7 Å². The molecule has 0 bridgehead atoms. The SMILES string of the molecule is O=C(O)CCc1cn(-c2ccc(F)cc2)nc1-c1ccc(F)cc1. The van der Waals surface area contributed by atoms with Crippen LogP contribution in [0.25, 0.3) is 16.9 Å². The molecule has 0 radical (unpaired) electrons. The van der Waals surface area contributed by atoms with Gasteiger partial charge in [-0.05, 0) is 60.5 Å². The van der Waals surface area contributed by atoms with Crippen molar-refractivity contribution in [1.82, 2.24) is 9.78 Å². The molecule has 0 aliphatic carbocycles. The number of benzene rings is 2. The normalized spacial score (nSPS) is 10.8. The molecule has 1 heterocycles. The average Bonchev–Trinajstić information content (AvgIpc) is 2.98. The quantitative estimate of drug-likeness (QED) is 0.774. The van der Waals surface area contributed by atoms with Crippen LogP contribution in [0, 0.1) is 11.6 Å². The average molecular weight is 328 g/mol. The third-order valence-corrected chi connectivity index (χ3v) is 3.61. The van der Waals surface area contributed by atoms with Gasteiger partial charge < -0.3 is 5.11 Å². The number of carboxylic acids is 1. The summed E-state index contributed by atoms with van der Waals surface area (Å²) in [7, 11) is 0. The first-order chi connectivity index (χ1) is 11.5. The van der Waals surface area contributed by atoms with Crippen molar-refractivity contribution in [1.29, 1.82) is 0 Å². The van der Waals surface area contributed by atoms with Crippen LogP contribution in [0.4, 0.5) is 8.78 Å². The highest BCUT2D eigenvalue weighted by Crippen LogP contribution is 2.25. The lowest BCUT2D eigenvalue weighted by Crippen LogP contribution is -1.97. The fraction of sp³-hybridized carbons (Fsp3) is 0.111. The minimum absolute atomic E-state index is 0.0384. The van der Waals surface area contributed by atoms with Crippen molar-refractivity contribution in [3.05, 3.63) is 71.9 Å². The Morgan fingerprint density at radius 2 is 1.58 bits per heavy atom. The van der Waals surface area contributed by atoms with E-state index >= 15 is 0 Å². The van der Waals surface area contributed by atoms with Crippen LogP contribution in [0.2, 0.25) is 0 Å². The molecule has 0 saturated carbocycles. The molecule has 0 amide bonds. The van der Waals surface area contributed by atoms with E-state index in [1.54, 1.807) is 35.1 Å². The molecule has 0 spiro atoms. The summed E-state index contributed by atoms with van der Waals surface area (Å²) >= 11 is 0. The summed E-state index contributed by atoms with van der Waals surface area (Å²) < 4.78 is 27.8. The van der Waals surface area contributed by atoms with E-state index < -0.39 is 5.97 Å². The van der Waals surface area contributed by atoms with Gasteiger partial charge in [0.15, 0.2) is 0 Å². The molecule has 6 heteroatoms. The van der Waals surface area contributed by atoms with Gasteiger partial charge >= 0.3 is 5.97 Å². The summed E-state index contributed by atoms with van der Waals surface area (Å²) in [5.41, 5.74) is 2.66. The molecule has 0 aliphatic heterocycles. The zero-order chi connectivity index (χ0) is 17.1. The fourth-order valence-corrected chi connectivity index (χ4v) is 2.41. The Balaban J connectivity index is 2.02. The molecule has 24 heavy (non-hydrogen) atoms. The molecule has 1 N–H and O–H groups in total. The van der Waals surface area contributed by atoms with Gasteiger partial charge in [-0.2, -0.15) is 5.10 Å². The first-order valence-corrected chi connectivity index (χ1v) is 7.35. The lowest BCUT2D eigenvalue weighted by Gasteiger charge is -2.01. The van der Waals surface area contributed by atoms with Crippen molar-refractivity contribution in [3.8, 4) is 16.9 Å². The third kappa shape index (κ3) is 3.48. The van der Waals surface area contributed by atoms with E-state index in [1.807, 2.05) is 0 Å². The Hall–Kier alpha value is -3.02. The van der Waals surface area contributed by atoms with Gasteiger partial charge in [0.05, 0.1) is 11.4 Å². The van der Waals surface area contributed by atoms with Gasteiger partial charge in [0, 0.05) is 18.2 Å². The van der Waals surface area contributed by atoms with Crippen LogP contribution in [-0.2, 0) is 11.2 Å². The standard InChI is InChI=1S/C18H14F2N2O2/c19-14-4-1-12(2-5-14)18-13(3-10-17(23)24)11-22(21-18)16-8-6-15(20)7-9-16/h1-2,4-9,11H,3,10H2,(H,23,24). The van der Waals surface area contributed by atoms with Crippen LogP contribution >= 0.6 is 0 Å². The molecule has 0 atom stereocenters. The van der Waals surface area contributed by atoms with Crippen LogP contribution < -0.4 is 0 Å². The number of carbonyl (C=O) groups is 1. The monoisotopic (exact) mass is 328 g/mol. The van der Waals surface area contributed by atoms with Gasteiger partial charge in [-0.25, -0.2) is 13.5 Å². The summed E-state index contributed by atoms with van der Waals surface area (Å²) in [6.07, 6.45) is 1.97. The van der Waals surface area contributed by atoms with Gasteiger partial charge in [-0.15, -0.1) is 0 Å². The summed E-state index contributed by atoms with van der Waals surface area (Å²) in [6.45, 7) is 0. The molecule has 122 valence electrons. The number of halogens is 2. The van der Waals surface area contributed by atoms with Gasteiger partial charge in [-0.1, -0.05) is 0 Å². The van der Waals surface area contributed by atoms with Crippen molar-refractivity contribution >= 4 is 5.97 Å². The van der Waals surface area contributed by atoms with Gasteiger partial charge in [0.1, 0.15) is 11.6 Å². The smallest absolute Gasteiger partial charge is 0.303 e. The molecule has 0 aliphatic rings. The molecule has 2 aromatic carbocycles. The second-order valence-corrected chi connectivity index (χ2v) is 5.32. The maximum absolute atomic E-state index is 13.1. The number of aryl methyl sites for hydroxylation is 1. The summed E-state index contributed by atoms with van der Waals surface area (Å²) in [5, 5.41) is 13.4. The van der Waals surface area contributed by atoms with E-state index in [9.17, 15) is 13.6 Å². The number of nitrogens with zero attached hydrogens (tertiary/aromatic N) is 2. The van der Waals surface area contributed by atoms with E-state index in [4.69, 9.17) is 5.11 Å². The van der Waals surface area contributed by atoms with Gasteiger partial charge in [0.25, 0.3) is 0 Å². The summed E-state index contributed by atoms with van der Waals surface area (Å²) in [4.78, 5) is 10.9. The lowest BCUT2D eigenvalue weighted by molar-refractivity contribution is -0.136. The number of hydrogen-bond acceptors (Lipinski definition) is 2. The second-order valence-electron chi connectivity index (χ2n) is 5.32. The van der Waals surface area contributed by atoms with Crippen LogP contribution in [0.3, 0.4) is 0 Å². The number of aromatic nitrogens is 2. The second kappa shape index (κ2) is 6.62. The van der Waals surface area contributed by atoms with Crippen LogP contribution in [0.5, 0.6) is 0 Å². The Bertz CT molecular complexity index is 856. The first-order valence-electron chi connectivity index (χ1n) is 7.35. The van der Waals surface area contributed by atoms with E-state index in [-0.39, 0.29) is 18.1 Å². The van der Waals surface area contributed by atoms with Gasteiger partial charge in [0.2, 0.25) is 0 Å². The van der Waals surface area contributed by atoms with E-state index in [2.05, 4.69) is 5.10 Å². The zero-order valence-corrected chi connectivity index (χ0v) is 12.6. The first kappa shape index (κ1) is 15.9. The van der Waals surface area contributed by atoms with Crippen molar-refractivity contribution in [3.63, 3.8) is 0 Å². The van der Waals surface area contributed by atoms with E-state index in [1.165, 1.54) is 24.3 Å². The lowest BCUT2D eigenvalue weighted by atomic mass is 10.0. The molecule has 0 saturated heterocycles. The Labute approximate surface area is 137 Å². The maximum atomic E-state index is 13.1. The Kier molecular flexibility index (Phi) is 4.37. The maximum Gasteiger partial charge on any atom is 0.303 e. The molecule has 3 aromatic rings. The van der Waals surface area contributed by atoms with Crippen molar-refractivity contribution in [2.24, 2.45) is 0 Å². The Morgan fingerprint density at radius 1 is 1.00 bits per heavy atom. The van der Waals surface area contributed by atoms with Crippen molar-refractivity contribution < 1.29 is 18.7 Å². The zero-order valence-electron chi connectivity index (χ0n) is 12.6. The summed E-state index contributed by atoms with van der Waals surface area (Å²) in [5.74, 6) is -1.62. The van der Waals surface area contributed by atoms with Crippen molar-refractivity contribution in [2.75, 3.05) is 0 Å².